The molecular weight excluding hydrogens is 272 g/mol. The summed E-state index contributed by atoms with van der Waals surface area (Å²) in [5, 5.41) is 13.4. The average molecular weight is 290 g/mol. The van der Waals surface area contributed by atoms with Crippen LogP contribution in [0.4, 0.5) is 4.79 Å². The van der Waals surface area contributed by atoms with E-state index in [1.165, 1.54) is 13.8 Å². The van der Waals surface area contributed by atoms with Crippen molar-refractivity contribution in [1.82, 2.24) is 10.6 Å². The van der Waals surface area contributed by atoms with Gasteiger partial charge < -0.3 is 10.4 Å². The van der Waals surface area contributed by atoms with E-state index < -0.39 is 17.9 Å². The van der Waals surface area contributed by atoms with Crippen LogP contribution >= 0.6 is 0 Å². The highest BCUT2D eigenvalue weighted by atomic mass is 16.4. The molecule has 0 saturated heterocycles. The Morgan fingerprint density at radius 1 is 1.10 bits per heavy atom. The minimum Gasteiger partial charge on any atom is -0.478 e. The SMILES string of the molecule is CC(C(=O)O)=C(C)C(=O)NC(=O)NCc1ccccc1C. The van der Waals surface area contributed by atoms with E-state index >= 15 is 0 Å². The molecule has 0 bridgehead atoms. The van der Waals surface area contributed by atoms with Gasteiger partial charge in [-0.05, 0) is 31.9 Å². The molecule has 0 aliphatic carbocycles. The van der Waals surface area contributed by atoms with E-state index in [2.05, 4.69) is 10.6 Å². The zero-order valence-electron chi connectivity index (χ0n) is 12.2. The third kappa shape index (κ3) is 4.76. The van der Waals surface area contributed by atoms with Gasteiger partial charge in [0.25, 0.3) is 5.91 Å². The van der Waals surface area contributed by atoms with Crippen LogP contribution in [0.3, 0.4) is 0 Å². The first kappa shape index (κ1) is 16.4. The number of aryl methyl sites for hydroxylation is 1. The van der Waals surface area contributed by atoms with E-state index in [9.17, 15) is 14.4 Å². The fraction of sp³-hybridized carbons (Fsp3) is 0.267. The molecule has 0 aliphatic heterocycles. The molecule has 0 radical (unpaired) electrons. The molecule has 6 nitrogen and oxygen atoms in total. The van der Waals surface area contributed by atoms with Crippen molar-refractivity contribution in [2.75, 3.05) is 0 Å². The quantitative estimate of drug-likeness (QED) is 0.736. The van der Waals surface area contributed by atoms with Crippen molar-refractivity contribution in [3.8, 4) is 0 Å². The van der Waals surface area contributed by atoms with Gasteiger partial charge in [0.1, 0.15) is 0 Å². The summed E-state index contributed by atoms with van der Waals surface area (Å²) in [6, 6.07) is 6.88. The summed E-state index contributed by atoms with van der Waals surface area (Å²) >= 11 is 0. The first-order valence-corrected chi connectivity index (χ1v) is 6.37. The molecule has 112 valence electrons. The Bertz CT molecular complexity index is 605. The first-order valence-electron chi connectivity index (χ1n) is 6.37. The third-order valence-corrected chi connectivity index (χ3v) is 3.15. The number of urea groups is 1. The highest BCUT2D eigenvalue weighted by molar-refractivity contribution is 6.07. The van der Waals surface area contributed by atoms with Crippen molar-refractivity contribution in [3.63, 3.8) is 0 Å². The monoisotopic (exact) mass is 290 g/mol. The number of carboxylic acid groups (broad SMARTS) is 1. The van der Waals surface area contributed by atoms with Gasteiger partial charge in [0.05, 0.1) is 0 Å². The number of hydrogen-bond donors (Lipinski definition) is 3. The van der Waals surface area contributed by atoms with Gasteiger partial charge in [-0.3, -0.25) is 10.1 Å². The van der Waals surface area contributed by atoms with Gasteiger partial charge in [-0.25, -0.2) is 9.59 Å². The number of hydrogen-bond acceptors (Lipinski definition) is 3. The number of carboxylic acids is 1. The molecule has 3 amide bonds. The number of benzene rings is 1. The number of amides is 3. The fourth-order valence-electron chi connectivity index (χ4n) is 1.56. The highest BCUT2D eigenvalue weighted by Crippen LogP contribution is 2.06. The minimum atomic E-state index is -1.19. The molecule has 0 aromatic heterocycles. The number of carbonyl (C=O) groups is 3. The van der Waals surface area contributed by atoms with Gasteiger partial charge in [-0.15, -0.1) is 0 Å². The van der Waals surface area contributed by atoms with Crippen LogP contribution in [0, 0.1) is 6.92 Å². The van der Waals surface area contributed by atoms with Crippen LogP contribution in [0.15, 0.2) is 35.4 Å². The van der Waals surface area contributed by atoms with Crippen molar-refractivity contribution < 1.29 is 19.5 Å². The predicted octanol–water partition coefficient (Wildman–Crippen LogP) is 1.74. The minimum absolute atomic E-state index is 0.00598. The Morgan fingerprint density at radius 3 is 2.29 bits per heavy atom. The van der Waals surface area contributed by atoms with Crippen molar-refractivity contribution in [1.29, 1.82) is 0 Å². The summed E-state index contributed by atoms with van der Waals surface area (Å²) in [4.78, 5) is 34.0. The van der Waals surface area contributed by atoms with E-state index in [4.69, 9.17) is 5.11 Å². The average Bonchev–Trinajstić information content (AvgIpc) is 2.44. The smallest absolute Gasteiger partial charge is 0.331 e. The second kappa shape index (κ2) is 7.23. The molecule has 0 spiro atoms. The summed E-state index contributed by atoms with van der Waals surface area (Å²) in [6.07, 6.45) is 0. The largest absolute Gasteiger partial charge is 0.478 e. The number of carbonyl (C=O) groups excluding carboxylic acids is 2. The van der Waals surface area contributed by atoms with Gasteiger partial charge in [0.15, 0.2) is 0 Å². The maximum Gasteiger partial charge on any atom is 0.331 e. The van der Waals surface area contributed by atoms with Crippen LogP contribution in [0.1, 0.15) is 25.0 Å². The summed E-state index contributed by atoms with van der Waals surface area (Å²) in [7, 11) is 0. The zero-order valence-corrected chi connectivity index (χ0v) is 12.2. The standard InChI is InChI=1S/C15H18N2O4/c1-9-6-4-5-7-12(9)8-16-15(21)17-13(18)10(2)11(3)14(19)20/h4-7H,8H2,1-3H3,(H,19,20)(H2,16,17,18,21). The zero-order chi connectivity index (χ0) is 16.0. The lowest BCUT2D eigenvalue weighted by Crippen LogP contribution is -2.39. The van der Waals surface area contributed by atoms with Gasteiger partial charge in [-0.1, -0.05) is 24.3 Å². The van der Waals surface area contributed by atoms with Crippen molar-refractivity contribution >= 4 is 17.9 Å². The summed E-state index contributed by atoms with van der Waals surface area (Å²) < 4.78 is 0. The lowest BCUT2D eigenvalue weighted by atomic mass is 10.1. The number of rotatable bonds is 4. The Kier molecular flexibility index (Phi) is 5.66. The Hall–Kier alpha value is -2.63. The van der Waals surface area contributed by atoms with Crippen molar-refractivity contribution in [2.45, 2.75) is 27.3 Å². The molecule has 1 aromatic carbocycles. The third-order valence-electron chi connectivity index (χ3n) is 3.15. The maximum atomic E-state index is 11.7. The van der Waals surface area contributed by atoms with E-state index in [0.717, 1.165) is 11.1 Å². The van der Waals surface area contributed by atoms with Crippen LogP contribution in [0.2, 0.25) is 0 Å². The lowest BCUT2D eigenvalue weighted by Gasteiger charge is -2.09. The molecule has 0 unspecified atom stereocenters. The second-order valence-electron chi connectivity index (χ2n) is 4.62. The van der Waals surface area contributed by atoms with E-state index in [0.29, 0.717) is 0 Å². The molecule has 1 aromatic rings. The van der Waals surface area contributed by atoms with Crippen LogP contribution in [-0.4, -0.2) is 23.0 Å². The summed E-state index contributed by atoms with van der Waals surface area (Å²) in [5.74, 6) is -1.92. The topological polar surface area (TPSA) is 95.5 Å². The molecule has 0 fully saturated rings. The second-order valence-corrected chi connectivity index (χ2v) is 4.62. The molecule has 0 saturated carbocycles. The molecule has 1 rings (SSSR count). The summed E-state index contributed by atoms with van der Waals surface area (Å²) in [6.45, 7) is 4.87. The summed E-state index contributed by atoms with van der Waals surface area (Å²) in [5.41, 5.74) is 1.86. The predicted molar refractivity (Wildman–Crippen MR) is 77.6 cm³/mol. The molecule has 0 heterocycles. The van der Waals surface area contributed by atoms with Crippen molar-refractivity contribution in [3.05, 3.63) is 46.5 Å². The Morgan fingerprint density at radius 2 is 1.71 bits per heavy atom. The van der Waals surface area contributed by atoms with Gasteiger partial charge in [-0.2, -0.15) is 0 Å². The number of nitrogens with one attached hydrogen (secondary N) is 2. The first-order chi connectivity index (χ1) is 9.82. The number of imide groups is 1. The van der Waals surface area contributed by atoms with Crippen LogP contribution in [-0.2, 0) is 16.1 Å². The highest BCUT2D eigenvalue weighted by Gasteiger charge is 2.15. The maximum absolute atomic E-state index is 11.7. The van der Waals surface area contributed by atoms with E-state index in [1.807, 2.05) is 31.2 Å². The van der Waals surface area contributed by atoms with Crippen LogP contribution < -0.4 is 10.6 Å². The van der Waals surface area contributed by atoms with E-state index in [1.54, 1.807) is 0 Å². The molecule has 0 aliphatic rings. The molecule has 6 heteroatoms. The Labute approximate surface area is 122 Å². The molecule has 0 atom stereocenters. The number of aliphatic carboxylic acids is 1. The van der Waals surface area contributed by atoms with Gasteiger partial charge >= 0.3 is 12.0 Å². The normalized spacial score (nSPS) is 11.4. The van der Waals surface area contributed by atoms with Crippen LogP contribution in [0.5, 0.6) is 0 Å². The van der Waals surface area contributed by atoms with Crippen molar-refractivity contribution in [2.24, 2.45) is 0 Å². The lowest BCUT2D eigenvalue weighted by molar-refractivity contribution is -0.133. The van der Waals surface area contributed by atoms with Crippen LogP contribution in [0.25, 0.3) is 0 Å². The van der Waals surface area contributed by atoms with E-state index in [-0.39, 0.29) is 17.7 Å². The van der Waals surface area contributed by atoms with Gasteiger partial charge in [0.2, 0.25) is 0 Å². The van der Waals surface area contributed by atoms with Gasteiger partial charge in [0, 0.05) is 17.7 Å². The molecule has 21 heavy (non-hydrogen) atoms. The molecule has 3 N–H and O–H groups in total. The fourth-order valence-corrected chi connectivity index (χ4v) is 1.56. The Balaban J connectivity index is 2.59. The molecular formula is C15H18N2O4.